The van der Waals surface area contributed by atoms with Crippen LogP contribution in [0.1, 0.15) is 36.0 Å². The number of carbonyl (C=O) groups excluding carboxylic acids is 1. The summed E-state index contributed by atoms with van der Waals surface area (Å²) in [6.07, 6.45) is 3.82. The van der Waals surface area contributed by atoms with Gasteiger partial charge in [0.1, 0.15) is 0 Å². The normalized spacial score (nSPS) is 22.7. The quantitative estimate of drug-likeness (QED) is 0.839. The van der Waals surface area contributed by atoms with E-state index in [0.29, 0.717) is 18.7 Å². The predicted molar refractivity (Wildman–Crippen MR) is 87.8 cm³/mol. The molecule has 7 heteroatoms. The highest BCUT2D eigenvalue weighted by Crippen LogP contribution is 2.23. The second-order valence-corrected chi connectivity index (χ2v) is 8.20. The first kappa shape index (κ1) is 16.4. The number of hydrogen-bond donors (Lipinski definition) is 2. The summed E-state index contributed by atoms with van der Waals surface area (Å²) in [5.74, 6) is -0.198. The Morgan fingerprint density at radius 1 is 1.22 bits per heavy atom. The van der Waals surface area contributed by atoms with E-state index >= 15 is 0 Å². The Balaban J connectivity index is 1.80. The fourth-order valence-electron chi connectivity index (χ4n) is 2.84. The van der Waals surface area contributed by atoms with Crippen molar-refractivity contribution in [1.82, 2.24) is 14.9 Å². The van der Waals surface area contributed by atoms with Gasteiger partial charge in [0.15, 0.2) is 0 Å². The second kappa shape index (κ2) is 6.59. The fourth-order valence-corrected chi connectivity index (χ4v) is 4.41. The van der Waals surface area contributed by atoms with Gasteiger partial charge in [-0.25, -0.2) is 8.42 Å². The van der Waals surface area contributed by atoms with Crippen LogP contribution in [0.4, 0.5) is 0 Å². The maximum Gasteiger partial charge on any atom is 0.251 e. The molecular formula is C16H23N3O3S. The van der Waals surface area contributed by atoms with E-state index < -0.39 is 10.0 Å². The molecule has 126 valence electrons. The molecule has 1 heterocycles. The molecule has 23 heavy (non-hydrogen) atoms. The van der Waals surface area contributed by atoms with Crippen molar-refractivity contribution in [3.63, 3.8) is 0 Å². The van der Waals surface area contributed by atoms with Gasteiger partial charge in [0, 0.05) is 30.7 Å². The minimum atomic E-state index is -3.56. The zero-order chi connectivity index (χ0) is 16.4. The summed E-state index contributed by atoms with van der Waals surface area (Å²) in [6.45, 7) is 0.996. The number of piperidine rings is 1. The summed E-state index contributed by atoms with van der Waals surface area (Å²) in [7, 11) is -1.71. The Kier molecular flexibility index (Phi) is 4.70. The lowest BCUT2D eigenvalue weighted by Crippen LogP contribution is -2.46. The van der Waals surface area contributed by atoms with Crippen LogP contribution in [0.15, 0.2) is 29.2 Å². The van der Waals surface area contributed by atoms with Gasteiger partial charge < -0.3 is 10.6 Å². The first-order chi connectivity index (χ1) is 11.0. The summed E-state index contributed by atoms with van der Waals surface area (Å²) in [6, 6.07) is 6.76. The molecule has 1 aromatic carbocycles. The zero-order valence-electron chi connectivity index (χ0n) is 13.3. The van der Waals surface area contributed by atoms with Crippen LogP contribution in [-0.4, -0.2) is 50.9 Å². The Morgan fingerprint density at radius 2 is 2.00 bits per heavy atom. The monoisotopic (exact) mass is 337 g/mol. The van der Waals surface area contributed by atoms with Crippen LogP contribution in [0.2, 0.25) is 0 Å². The molecule has 0 radical (unpaired) electrons. The molecule has 1 amide bonds. The van der Waals surface area contributed by atoms with Gasteiger partial charge in [0.05, 0.1) is 4.90 Å². The van der Waals surface area contributed by atoms with E-state index in [2.05, 4.69) is 10.6 Å². The molecule has 1 aromatic rings. The molecule has 2 N–H and O–H groups in total. The minimum Gasteiger partial charge on any atom is -0.349 e. The molecule has 0 spiro atoms. The van der Waals surface area contributed by atoms with E-state index in [1.807, 2.05) is 7.05 Å². The number of benzene rings is 1. The van der Waals surface area contributed by atoms with E-state index in [0.717, 1.165) is 25.7 Å². The van der Waals surface area contributed by atoms with Gasteiger partial charge in [-0.15, -0.1) is 0 Å². The Morgan fingerprint density at radius 3 is 2.70 bits per heavy atom. The fraction of sp³-hybridized carbons (Fsp3) is 0.562. The molecule has 0 bridgehead atoms. The van der Waals surface area contributed by atoms with Crippen LogP contribution >= 0.6 is 0 Å². The number of nitrogens with one attached hydrogen (secondary N) is 2. The molecule has 2 fully saturated rings. The van der Waals surface area contributed by atoms with Crippen molar-refractivity contribution in [2.24, 2.45) is 0 Å². The van der Waals surface area contributed by atoms with Crippen LogP contribution in [0.25, 0.3) is 0 Å². The van der Waals surface area contributed by atoms with Crippen molar-refractivity contribution >= 4 is 15.9 Å². The van der Waals surface area contributed by atoms with Crippen LogP contribution in [0.5, 0.6) is 0 Å². The van der Waals surface area contributed by atoms with Crippen molar-refractivity contribution in [3.8, 4) is 0 Å². The van der Waals surface area contributed by atoms with E-state index in [1.54, 1.807) is 18.2 Å². The molecule has 1 unspecified atom stereocenters. The lowest BCUT2D eigenvalue weighted by atomic mass is 10.1. The number of nitrogens with zero attached hydrogens (tertiary/aromatic N) is 1. The van der Waals surface area contributed by atoms with Crippen LogP contribution in [0.3, 0.4) is 0 Å². The van der Waals surface area contributed by atoms with Crippen molar-refractivity contribution in [2.75, 3.05) is 20.1 Å². The van der Waals surface area contributed by atoms with Gasteiger partial charge in [0.25, 0.3) is 5.91 Å². The number of likely N-dealkylation sites (N-methyl/N-ethyl adjacent to an activating group) is 1. The SMILES string of the molecule is CNC1CCCN(S(=O)(=O)c2cccc(C(=O)NC3CC3)c2)C1. The highest BCUT2D eigenvalue weighted by atomic mass is 32.2. The second-order valence-electron chi connectivity index (χ2n) is 6.27. The van der Waals surface area contributed by atoms with Gasteiger partial charge >= 0.3 is 0 Å². The third-order valence-electron chi connectivity index (χ3n) is 4.44. The lowest BCUT2D eigenvalue weighted by molar-refractivity contribution is 0.0951. The van der Waals surface area contributed by atoms with Crippen LogP contribution < -0.4 is 10.6 Å². The maximum absolute atomic E-state index is 12.8. The highest BCUT2D eigenvalue weighted by molar-refractivity contribution is 7.89. The van der Waals surface area contributed by atoms with E-state index in [-0.39, 0.29) is 22.9 Å². The summed E-state index contributed by atoms with van der Waals surface area (Å²) in [5.41, 5.74) is 0.403. The number of rotatable bonds is 5. The molecule has 0 aromatic heterocycles. The van der Waals surface area contributed by atoms with Crippen molar-refractivity contribution in [1.29, 1.82) is 0 Å². The third-order valence-corrected chi connectivity index (χ3v) is 6.30. The Hall–Kier alpha value is -1.44. The van der Waals surface area contributed by atoms with Crippen LogP contribution in [0, 0.1) is 0 Å². The molecule has 1 atom stereocenters. The van der Waals surface area contributed by atoms with E-state index in [4.69, 9.17) is 0 Å². The van der Waals surface area contributed by atoms with Crippen molar-refractivity contribution < 1.29 is 13.2 Å². The standard InChI is InChI=1S/C16H23N3O3S/c1-17-14-5-3-9-19(11-14)23(21,22)15-6-2-4-12(10-15)16(20)18-13-7-8-13/h2,4,6,10,13-14,17H,3,5,7-9,11H2,1H3,(H,18,20). The third kappa shape index (κ3) is 3.73. The minimum absolute atomic E-state index is 0.180. The largest absolute Gasteiger partial charge is 0.349 e. The predicted octanol–water partition coefficient (Wildman–Crippen LogP) is 0.951. The number of sulfonamides is 1. The summed E-state index contributed by atoms with van der Waals surface area (Å²) < 4.78 is 27.2. The number of carbonyl (C=O) groups is 1. The Labute approximate surface area is 137 Å². The molecule has 1 aliphatic heterocycles. The summed E-state index contributed by atoms with van der Waals surface area (Å²) in [4.78, 5) is 12.3. The average Bonchev–Trinajstić information content (AvgIpc) is 3.39. The Bertz CT molecular complexity index is 686. The zero-order valence-corrected chi connectivity index (χ0v) is 14.1. The van der Waals surface area contributed by atoms with Gasteiger partial charge in [-0.3, -0.25) is 4.79 Å². The van der Waals surface area contributed by atoms with Crippen molar-refractivity contribution in [2.45, 2.75) is 42.7 Å². The first-order valence-corrected chi connectivity index (χ1v) is 9.53. The topological polar surface area (TPSA) is 78.5 Å². The summed E-state index contributed by atoms with van der Waals surface area (Å²) >= 11 is 0. The van der Waals surface area contributed by atoms with Gasteiger partial charge in [0.2, 0.25) is 10.0 Å². The molecule has 3 rings (SSSR count). The molecule has 1 aliphatic carbocycles. The van der Waals surface area contributed by atoms with Gasteiger partial charge in [-0.1, -0.05) is 6.07 Å². The lowest BCUT2D eigenvalue weighted by Gasteiger charge is -2.31. The maximum atomic E-state index is 12.8. The van der Waals surface area contributed by atoms with Crippen molar-refractivity contribution in [3.05, 3.63) is 29.8 Å². The van der Waals surface area contributed by atoms with E-state index in [1.165, 1.54) is 10.4 Å². The average molecular weight is 337 g/mol. The van der Waals surface area contributed by atoms with Gasteiger partial charge in [-0.2, -0.15) is 4.31 Å². The first-order valence-electron chi connectivity index (χ1n) is 8.09. The number of amides is 1. The molecule has 2 aliphatic rings. The molecule has 1 saturated carbocycles. The molecular weight excluding hydrogens is 314 g/mol. The molecule has 1 saturated heterocycles. The highest BCUT2D eigenvalue weighted by Gasteiger charge is 2.30. The van der Waals surface area contributed by atoms with Crippen LogP contribution in [-0.2, 0) is 10.0 Å². The van der Waals surface area contributed by atoms with Gasteiger partial charge in [-0.05, 0) is 50.9 Å². The summed E-state index contributed by atoms with van der Waals surface area (Å²) in [5, 5.41) is 6.03. The number of hydrogen-bond acceptors (Lipinski definition) is 4. The smallest absolute Gasteiger partial charge is 0.251 e. The molecule has 6 nitrogen and oxygen atoms in total. The van der Waals surface area contributed by atoms with E-state index in [9.17, 15) is 13.2 Å².